The number of phenolic OH excluding ortho intramolecular Hbond substituents is 1. The van der Waals surface area contributed by atoms with Gasteiger partial charge in [0.05, 0.1) is 30.8 Å². The van der Waals surface area contributed by atoms with Gasteiger partial charge in [0.1, 0.15) is 47.3 Å². The molecule has 1 aromatic heterocycles. The second-order valence-corrected chi connectivity index (χ2v) is 34.6. The van der Waals surface area contributed by atoms with Crippen molar-refractivity contribution in [2.24, 2.45) is 46.6 Å². The lowest BCUT2D eigenvalue weighted by Gasteiger charge is -2.34. The average Bonchev–Trinajstić information content (AvgIpc) is 0.744. The maximum atomic E-state index is 14.6. The molecule has 44 nitrogen and oxygen atoms in total. The third-order valence-electron chi connectivity index (χ3n) is 23.9. The zero-order chi connectivity index (χ0) is 97.7. The van der Waals surface area contributed by atoms with Crippen LogP contribution in [0.4, 0.5) is 46.3 Å². The van der Waals surface area contributed by atoms with Gasteiger partial charge in [0.2, 0.25) is 82.8 Å². The first-order chi connectivity index (χ1) is 65.0. The van der Waals surface area contributed by atoms with Crippen LogP contribution in [0.5, 0.6) is 5.75 Å². The fraction of sp³-hybridized carbons (Fsp3) is 0.385. The van der Waals surface area contributed by atoms with Gasteiger partial charge in [-0.3, -0.25) is 77.9 Å². The number of carboxylic acid groups (broad SMARTS) is 1. The Hall–Kier alpha value is -15.7. The lowest BCUT2D eigenvalue weighted by Crippen LogP contribution is -2.56. The van der Waals surface area contributed by atoms with E-state index in [9.17, 15) is 82.1 Å². The van der Waals surface area contributed by atoms with Crippen molar-refractivity contribution in [2.75, 3.05) is 101 Å². The lowest BCUT2D eigenvalue weighted by molar-refractivity contribution is -0.132. The number of nitrogens with two attached hydrogens (primary N) is 4. The Kier molecular flexibility index (Phi) is 33.3. The molecule has 2 saturated heterocycles. The van der Waals surface area contributed by atoms with Crippen LogP contribution < -0.4 is 118 Å². The monoisotopic (exact) mass is 1890 g/mol. The van der Waals surface area contributed by atoms with Gasteiger partial charge in [-0.05, 0) is 165 Å². The molecule has 45 heteroatoms. The van der Waals surface area contributed by atoms with Crippen LogP contribution in [0.2, 0.25) is 0 Å². The molecule has 0 unspecified atom stereocenters. The first kappa shape index (κ1) is 99.3. The molecule has 1 aliphatic carbocycles. The van der Waals surface area contributed by atoms with Crippen molar-refractivity contribution in [1.29, 1.82) is 10.8 Å². The van der Waals surface area contributed by atoms with Gasteiger partial charge in [-0.25, -0.2) is 4.79 Å². The third-order valence-corrected chi connectivity index (χ3v) is 25.0. The van der Waals surface area contributed by atoms with Crippen molar-refractivity contribution in [3.8, 4) is 28.2 Å². The molecule has 2 bridgehead atoms. The molecule has 7 atom stereocenters. The minimum atomic E-state index is -1.33. The number of piperidine rings is 2. The molecule has 0 saturated carbocycles. The number of thioether (sulfide) groups is 1. The number of phenols is 1. The predicted molar refractivity (Wildman–Crippen MR) is 507 cm³/mol. The molecule has 0 radical (unpaired) electrons. The van der Waals surface area contributed by atoms with Crippen LogP contribution in [0.1, 0.15) is 144 Å². The van der Waals surface area contributed by atoms with Gasteiger partial charge >= 0.3 is 5.97 Å². The van der Waals surface area contributed by atoms with Crippen molar-refractivity contribution in [3.05, 3.63) is 153 Å². The smallest absolute Gasteiger partial charge is 0.336 e. The summed E-state index contributed by atoms with van der Waals surface area (Å²) in [7, 11) is 0. The third kappa shape index (κ3) is 26.2. The zero-order valence-electron chi connectivity index (χ0n) is 75.0. The van der Waals surface area contributed by atoms with Crippen LogP contribution in [-0.4, -0.2) is 215 Å². The highest BCUT2D eigenvalue weighted by Gasteiger charge is 2.37. The van der Waals surface area contributed by atoms with Crippen molar-refractivity contribution in [2.45, 2.75) is 134 Å². The van der Waals surface area contributed by atoms with Crippen LogP contribution in [0.15, 0.2) is 118 Å². The SMILES string of the molecule is CC[C@H](C)[C@@H]1NC(=O)c2cc(cc(NC(=O)CNC(=O)C3CCN(c4nc(Nc5ccc(-c6c7ccc(=O)cc-7oc7cc(O)ccc67)c(C(=O)O)c5)nc(N5CCC(C(=O)NCC(=O)Nc6ccc7c(c6)C(=O)N[C@@H]([C@@H](C)CC)C(=O)N[C@@H](CCCNC(=N)N)C(=O)Nc6cc(C(N)=O)ccc6CN7)CC5)n4)CC3)c2)CSC[C@@H](C(N)=O)NC(=O)CNC(=O)[C@H](CCCNC(=N)N)NC1=O. The fourth-order valence-electron chi connectivity index (χ4n) is 16.1. The van der Waals surface area contributed by atoms with Crippen molar-refractivity contribution in [1.82, 2.24) is 68.1 Å². The Morgan fingerprint density at radius 3 is 1.75 bits per heavy atom. The van der Waals surface area contributed by atoms with Crippen LogP contribution in [0.3, 0.4) is 0 Å². The Balaban J connectivity index is 0.736. The molecule has 27 N–H and O–H groups in total. The van der Waals surface area contributed by atoms with Crippen LogP contribution in [0, 0.1) is 34.5 Å². The normalized spacial score (nSPS) is 18.3. The van der Waals surface area contributed by atoms with Crippen molar-refractivity contribution in [3.63, 3.8) is 0 Å². The van der Waals surface area contributed by atoms with E-state index in [1.165, 1.54) is 78.9 Å². The maximum absolute atomic E-state index is 14.6. The summed E-state index contributed by atoms with van der Waals surface area (Å²) >= 11 is 1.16. The summed E-state index contributed by atoms with van der Waals surface area (Å²) in [5.74, 6) is -12.7. The number of guanidine groups is 2. The lowest BCUT2D eigenvalue weighted by atomic mass is 9.90. The van der Waals surface area contributed by atoms with E-state index in [2.05, 4.69) is 79.8 Å². The summed E-state index contributed by atoms with van der Waals surface area (Å²) in [5, 5.41) is 78.6. The summed E-state index contributed by atoms with van der Waals surface area (Å²) < 4.78 is 6.05. The van der Waals surface area contributed by atoms with Crippen LogP contribution >= 0.6 is 11.8 Å². The Morgan fingerprint density at radius 2 is 1.16 bits per heavy atom. The summed E-state index contributed by atoms with van der Waals surface area (Å²) in [6, 6.07) is 20.4. The van der Waals surface area contributed by atoms with Gasteiger partial charge in [0.25, 0.3) is 11.8 Å². The highest BCUT2D eigenvalue weighted by molar-refractivity contribution is 7.98. The molecule has 12 rings (SSSR count). The van der Waals surface area contributed by atoms with Crippen molar-refractivity contribution < 1.29 is 81.8 Å². The molecule has 13 amide bonds. The molecule has 2 fully saturated rings. The molecule has 718 valence electrons. The van der Waals surface area contributed by atoms with E-state index in [0.29, 0.717) is 40.5 Å². The maximum Gasteiger partial charge on any atom is 0.336 e. The number of aromatic hydroxyl groups is 1. The van der Waals surface area contributed by atoms with Gasteiger partial charge < -0.3 is 127 Å². The Bertz CT molecular complexity index is 5980. The number of fused-ring (bicyclic) bond motifs is 6. The first-order valence-corrected chi connectivity index (χ1v) is 45.5. The summed E-state index contributed by atoms with van der Waals surface area (Å²) in [4.78, 5) is 224. The number of benzene rings is 6. The quantitative estimate of drug-likeness (QED) is 0.0145. The largest absolute Gasteiger partial charge is 0.508 e. The molecule has 0 spiro atoms. The number of rotatable bonds is 28. The molecular formula is C91H110N26O18S. The molecule has 136 heavy (non-hydrogen) atoms. The number of amides is 13. The van der Waals surface area contributed by atoms with Gasteiger partial charge in [-0.1, -0.05) is 52.7 Å². The van der Waals surface area contributed by atoms with Gasteiger partial charge in [0, 0.05) is 137 Å². The number of carbonyl (C=O) groups excluding carboxylic acids is 13. The number of nitrogens with zero attached hydrogens (tertiary/aromatic N) is 5. The first-order valence-electron chi connectivity index (χ1n) is 44.4. The topological polar surface area (TPSA) is 687 Å². The number of aromatic nitrogens is 3. The average molecular weight is 1890 g/mol. The number of carbonyl (C=O) groups is 14. The molecular weight excluding hydrogens is 1780 g/mol. The van der Waals surface area contributed by atoms with E-state index in [-0.39, 0.29) is 217 Å². The number of aromatic carboxylic acids is 1. The minimum Gasteiger partial charge on any atom is -0.508 e. The Morgan fingerprint density at radius 1 is 0.574 bits per heavy atom. The number of hydrogen-bond acceptors (Lipinski definition) is 27. The standard InChI is InChI=1S/C91H110N26O18S/c1-5-45(3)74-84(131)108-64(9-7-25-98-87(94)95)82(129)103-42-72(122)107-67(77(93)124)44-136-43-47-31-52(80(127)111-74)33-55(32-47)105-71(121)41-102-79(126)49-23-29-117(30-24-49)91-114-89(106-54-13-17-58(61(35-54)86(133)134)73-59-18-15-56(118)37-68(59)135-69-38-57(119)16-19-60(69)73)113-90(115-91)116-27-21-48(22-28-116)78(125)101-40-70(120)104-53-14-20-63-62(36-53)81(128)112-75(46(4)6-2)85(132)109-65(10-8-26-99-88(96)97)83(130)110-66-34-50(76(92)123)11-12-51(66)39-100-63/h11-20,31-38,45-46,48-49,64-65,67,74-75,100,118H,5-10,21-30,39-44H2,1-4H3,(H2,92,123)(H2,93,124)(H,101,125)(H,102,126)(H,103,129)(H,104,120)(H,105,121)(H,107,122)(H,108,131)(H,109,132)(H,110,130)(H,111,127)(H,112,128)(H,133,134)(H4,94,95,98)(H4,96,97,99)(H,106,113,114,115)/t45-,46-,64-,65-,67-,74-,75-/m0/s1. The second-order valence-electron chi connectivity index (χ2n) is 33.6. The summed E-state index contributed by atoms with van der Waals surface area (Å²) in [6.45, 7) is 6.63. The van der Waals surface area contributed by atoms with E-state index in [4.69, 9.17) is 53.1 Å². The molecule has 6 aliphatic rings. The molecule has 5 aliphatic heterocycles. The van der Waals surface area contributed by atoms with Gasteiger partial charge in [0.15, 0.2) is 17.3 Å². The number of nitrogens with one attached hydrogen (secondary N) is 17. The van der Waals surface area contributed by atoms with E-state index in [1.54, 1.807) is 51.1 Å². The number of hydrogen-bond donors (Lipinski definition) is 23. The minimum absolute atomic E-state index is 0.00379. The van der Waals surface area contributed by atoms with E-state index in [0.717, 1.165) is 11.8 Å². The van der Waals surface area contributed by atoms with Crippen LogP contribution in [-0.2, 0) is 60.2 Å². The Labute approximate surface area is 783 Å². The number of carboxylic acids is 1. The number of primary amides is 2. The summed E-state index contributed by atoms with van der Waals surface area (Å²) in [5.41, 5.74) is 24.9. The number of anilines is 8. The van der Waals surface area contributed by atoms with Crippen molar-refractivity contribution >= 4 is 164 Å². The summed E-state index contributed by atoms with van der Waals surface area (Å²) in [6.07, 6.45) is 2.34. The van der Waals surface area contributed by atoms with E-state index >= 15 is 0 Å². The highest BCUT2D eigenvalue weighted by atomic mass is 32.2. The fourth-order valence-corrected chi connectivity index (χ4v) is 17.1. The second kappa shape index (κ2) is 45.6. The molecule has 5 aromatic carbocycles. The zero-order valence-corrected chi connectivity index (χ0v) is 75.8. The van der Waals surface area contributed by atoms with Gasteiger partial charge in [-0.15, -0.1) is 0 Å². The molecule has 6 aromatic rings. The van der Waals surface area contributed by atoms with Gasteiger partial charge in [-0.2, -0.15) is 26.7 Å². The van der Waals surface area contributed by atoms with Crippen LogP contribution in [0.25, 0.3) is 33.4 Å². The predicted octanol–water partition coefficient (Wildman–Crippen LogP) is 2.62. The van der Waals surface area contributed by atoms with E-state index < -0.39 is 156 Å². The molecule has 6 heterocycles. The highest BCUT2D eigenvalue weighted by Crippen LogP contribution is 2.43. The van der Waals surface area contributed by atoms with E-state index in [1.807, 2.05) is 16.7 Å².